The predicted molar refractivity (Wildman–Crippen MR) is 102 cm³/mol. The first-order valence-corrected chi connectivity index (χ1v) is 8.75. The molecule has 7 nitrogen and oxygen atoms in total. The minimum atomic E-state index is -0.676. The van der Waals surface area contributed by atoms with E-state index in [-0.39, 0.29) is 36.7 Å². The molecular weight excluding hydrogens is 379 g/mol. The Morgan fingerprint density at radius 1 is 1.27 bits per heavy atom. The average Bonchev–Trinajstić information content (AvgIpc) is 2.88. The van der Waals surface area contributed by atoms with E-state index >= 15 is 0 Å². The monoisotopic (exact) mass is 400 g/mol. The molecule has 2 heterocycles. The van der Waals surface area contributed by atoms with E-state index in [9.17, 15) is 14.4 Å². The lowest BCUT2D eigenvalue weighted by Crippen LogP contribution is -2.52. The van der Waals surface area contributed by atoms with Crippen molar-refractivity contribution < 1.29 is 14.4 Å². The van der Waals surface area contributed by atoms with Gasteiger partial charge in [-0.2, -0.15) is 0 Å². The maximum absolute atomic E-state index is 12.5. The molecule has 1 unspecified atom stereocenters. The van der Waals surface area contributed by atoms with E-state index in [0.29, 0.717) is 23.7 Å². The van der Waals surface area contributed by atoms with E-state index in [2.05, 4.69) is 10.6 Å². The van der Waals surface area contributed by atoms with Crippen molar-refractivity contribution in [3.05, 3.63) is 29.3 Å². The summed E-state index contributed by atoms with van der Waals surface area (Å²) in [6.07, 6.45) is 0.527. The Bertz CT molecular complexity index is 683. The Morgan fingerprint density at radius 3 is 2.62 bits per heavy atom. The number of anilines is 1. The zero-order chi connectivity index (χ0) is 18.0. The number of halogens is 2. The first-order valence-electron chi connectivity index (χ1n) is 8.37. The SMILES string of the molecule is C[C@@H]1CNCCN1C(=O)CCC1NC(=O)N(c2ccc(Cl)cc2)C1=O.Cl. The summed E-state index contributed by atoms with van der Waals surface area (Å²) in [5, 5.41) is 6.42. The molecule has 2 aliphatic rings. The van der Waals surface area contributed by atoms with E-state index in [1.165, 1.54) is 0 Å². The van der Waals surface area contributed by atoms with Crippen LogP contribution in [-0.4, -0.2) is 54.5 Å². The summed E-state index contributed by atoms with van der Waals surface area (Å²) in [7, 11) is 0. The van der Waals surface area contributed by atoms with Crippen LogP contribution in [0.2, 0.25) is 5.02 Å². The normalized spacial score (nSPS) is 22.8. The summed E-state index contributed by atoms with van der Waals surface area (Å²) in [6, 6.07) is 5.48. The van der Waals surface area contributed by atoms with E-state index < -0.39 is 12.1 Å². The topological polar surface area (TPSA) is 81.8 Å². The molecule has 26 heavy (non-hydrogen) atoms. The lowest BCUT2D eigenvalue weighted by atomic mass is 10.1. The molecule has 2 N–H and O–H groups in total. The number of piperazine rings is 1. The first-order chi connectivity index (χ1) is 12.0. The fourth-order valence-corrected chi connectivity index (χ4v) is 3.31. The number of benzene rings is 1. The third-order valence-electron chi connectivity index (χ3n) is 4.57. The highest BCUT2D eigenvalue weighted by Crippen LogP contribution is 2.23. The highest BCUT2D eigenvalue weighted by atomic mass is 35.5. The molecule has 4 amide bonds. The molecule has 0 aromatic heterocycles. The van der Waals surface area contributed by atoms with Gasteiger partial charge in [0, 0.05) is 37.1 Å². The molecule has 9 heteroatoms. The number of hydrogen-bond donors (Lipinski definition) is 2. The van der Waals surface area contributed by atoms with Gasteiger partial charge in [0.2, 0.25) is 5.91 Å². The highest BCUT2D eigenvalue weighted by molar-refractivity contribution is 6.30. The van der Waals surface area contributed by atoms with Crippen LogP contribution in [0.3, 0.4) is 0 Å². The van der Waals surface area contributed by atoms with Gasteiger partial charge in [-0.25, -0.2) is 9.69 Å². The maximum Gasteiger partial charge on any atom is 0.329 e. The van der Waals surface area contributed by atoms with Crippen LogP contribution in [0.1, 0.15) is 19.8 Å². The summed E-state index contributed by atoms with van der Waals surface area (Å²) >= 11 is 5.84. The van der Waals surface area contributed by atoms with Gasteiger partial charge in [-0.1, -0.05) is 11.6 Å². The fourth-order valence-electron chi connectivity index (χ4n) is 3.18. The zero-order valence-corrected chi connectivity index (χ0v) is 16.0. The van der Waals surface area contributed by atoms with Crippen molar-refractivity contribution >= 4 is 47.5 Å². The highest BCUT2D eigenvalue weighted by Gasteiger charge is 2.39. The molecular formula is C17H22Cl2N4O3. The molecule has 2 atom stereocenters. The summed E-state index contributed by atoms with van der Waals surface area (Å²) in [4.78, 5) is 40.0. The van der Waals surface area contributed by atoms with Crippen molar-refractivity contribution in [2.24, 2.45) is 0 Å². The Balaban J connectivity index is 0.00000243. The number of carbonyl (C=O) groups is 3. The van der Waals surface area contributed by atoms with Gasteiger partial charge in [0.1, 0.15) is 6.04 Å². The van der Waals surface area contributed by atoms with E-state index in [1.54, 1.807) is 24.3 Å². The summed E-state index contributed by atoms with van der Waals surface area (Å²) in [6.45, 7) is 4.21. The van der Waals surface area contributed by atoms with Crippen molar-refractivity contribution in [2.45, 2.75) is 31.8 Å². The van der Waals surface area contributed by atoms with Crippen molar-refractivity contribution in [3.8, 4) is 0 Å². The van der Waals surface area contributed by atoms with Crippen molar-refractivity contribution in [3.63, 3.8) is 0 Å². The molecule has 1 aromatic carbocycles. The van der Waals surface area contributed by atoms with E-state index in [1.807, 2.05) is 11.8 Å². The maximum atomic E-state index is 12.5. The van der Waals surface area contributed by atoms with Crippen LogP contribution in [0.25, 0.3) is 0 Å². The van der Waals surface area contributed by atoms with Gasteiger partial charge in [0.15, 0.2) is 0 Å². The molecule has 3 rings (SSSR count). The second-order valence-electron chi connectivity index (χ2n) is 6.33. The smallest absolute Gasteiger partial charge is 0.329 e. The largest absolute Gasteiger partial charge is 0.337 e. The van der Waals surface area contributed by atoms with Crippen LogP contribution in [0.5, 0.6) is 0 Å². The van der Waals surface area contributed by atoms with E-state index in [4.69, 9.17) is 11.6 Å². The van der Waals surface area contributed by atoms with Crippen LogP contribution in [0.4, 0.5) is 10.5 Å². The van der Waals surface area contributed by atoms with E-state index in [0.717, 1.165) is 18.0 Å². The Kier molecular flexibility index (Phi) is 6.86. The third kappa shape index (κ3) is 4.28. The van der Waals surface area contributed by atoms with Gasteiger partial charge < -0.3 is 15.5 Å². The van der Waals surface area contributed by atoms with Crippen molar-refractivity contribution in [1.29, 1.82) is 0 Å². The second-order valence-corrected chi connectivity index (χ2v) is 6.77. The molecule has 0 bridgehead atoms. The minimum absolute atomic E-state index is 0. The molecule has 142 valence electrons. The van der Waals surface area contributed by atoms with Crippen LogP contribution in [0.15, 0.2) is 24.3 Å². The van der Waals surface area contributed by atoms with Crippen LogP contribution in [-0.2, 0) is 9.59 Å². The lowest BCUT2D eigenvalue weighted by Gasteiger charge is -2.34. The van der Waals surface area contributed by atoms with Gasteiger partial charge in [-0.05, 0) is 37.6 Å². The fraction of sp³-hybridized carbons (Fsp3) is 0.471. The van der Waals surface area contributed by atoms with Crippen molar-refractivity contribution in [1.82, 2.24) is 15.5 Å². The van der Waals surface area contributed by atoms with Gasteiger partial charge in [0.05, 0.1) is 5.69 Å². The van der Waals surface area contributed by atoms with Crippen molar-refractivity contribution in [2.75, 3.05) is 24.5 Å². The Hall–Kier alpha value is -1.83. The number of imide groups is 1. The average molecular weight is 401 g/mol. The van der Waals surface area contributed by atoms with Gasteiger partial charge in [0.25, 0.3) is 5.91 Å². The molecule has 2 saturated heterocycles. The number of hydrogen-bond acceptors (Lipinski definition) is 4. The number of nitrogens with zero attached hydrogens (tertiary/aromatic N) is 2. The van der Waals surface area contributed by atoms with Gasteiger partial charge in [-0.15, -0.1) is 12.4 Å². The number of carbonyl (C=O) groups excluding carboxylic acids is 3. The Labute approximate surface area is 163 Å². The molecule has 0 spiro atoms. The third-order valence-corrected chi connectivity index (χ3v) is 4.82. The number of nitrogens with one attached hydrogen (secondary N) is 2. The van der Waals surface area contributed by atoms with Crippen LogP contribution >= 0.6 is 24.0 Å². The number of urea groups is 1. The van der Waals surface area contributed by atoms with Crippen LogP contribution < -0.4 is 15.5 Å². The van der Waals surface area contributed by atoms with Gasteiger partial charge in [-0.3, -0.25) is 9.59 Å². The predicted octanol–water partition coefficient (Wildman–Crippen LogP) is 1.79. The molecule has 0 aliphatic carbocycles. The lowest BCUT2D eigenvalue weighted by molar-refractivity contribution is -0.134. The standard InChI is InChI=1S/C17H21ClN4O3.ClH/c1-11-10-19-8-9-21(11)15(23)7-6-14-16(24)22(17(25)20-14)13-4-2-12(18)3-5-13;/h2-5,11,14,19H,6-10H2,1H3,(H,20,25);1H/t11-,14?;/m1./s1. The second kappa shape index (κ2) is 8.70. The quantitative estimate of drug-likeness (QED) is 0.754. The Morgan fingerprint density at radius 2 is 1.96 bits per heavy atom. The molecule has 2 fully saturated rings. The zero-order valence-electron chi connectivity index (χ0n) is 14.4. The summed E-state index contributed by atoms with van der Waals surface area (Å²) < 4.78 is 0. The number of amides is 4. The summed E-state index contributed by atoms with van der Waals surface area (Å²) in [5.41, 5.74) is 0.469. The molecule has 2 aliphatic heterocycles. The molecule has 1 aromatic rings. The number of rotatable bonds is 4. The van der Waals surface area contributed by atoms with Gasteiger partial charge >= 0.3 is 6.03 Å². The first kappa shape index (κ1) is 20.5. The molecule has 0 saturated carbocycles. The minimum Gasteiger partial charge on any atom is -0.337 e. The summed E-state index contributed by atoms with van der Waals surface area (Å²) in [5.74, 6) is -0.325. The molecule has 0 radical (unpaired) electrons. The van der Waals surface area contributed by atoms with Crippen LogP contribution in [0, 0.1) is 0 Å².